The molecule has 2 unspecified atom stereocenters. The zero-order valence-corrected chi connectivity index (χ0v) is 30.3. The van der Waals surface area contributed by atoms with Crippen LogP contribution in [-0.2, 0) is 14.4 Å². The lowest BCUT2D eigenvalue weighted by molar-refractivity contribution is -0.119. The Balaban J connectivity index is 0.000000554. The summed E-state index contributed by atoms with van der Waals surface area (Å²) in [5, 5.41) is 14.5. The largest absolute Gasteiger partial charge is 0.486 e. The van der Waals surface area contributed by atoms with Crippen LogP contribution in [0.25, 0.3) is 0 Å². The lowest BCUT2D eigenvalue weighted by atomic mass is 9.85. The summed E-state index contributed by atoms with van der Waals surface area (Å²) in [4.78, 5) is 40.3. The van der Waals surface area contributed by atoms with E-state index in [1.165, 1.54) is 65.8 Å². The van der Waals surface area contributed by atoms with Gasteiger partial charge in [-0.2, -0.15) is 17.9 Å². The monoisotopic (exact) mass is 689 g/mol. The SMILES string of the molecule is CC(=O)C(S)(C(C)=C(C#N)C(=O)NCC(C)(F)F)C(C)Nc1cccc(OCC=O)c1.CCC.CN1CCN(CC2=CC=CCC2)CC1. The predicted molar refractivity (Wildman–Crippen MR) is 192 cm³/mol. The van der Waals surface area contributed by atoms with Gasteiger partial charge in [-0.25, -0.2) is 8.78 Å². The summed E-state index contributed by atoms with van der Waals surface area (Å²) in [5.74, 6) is -4.21. The van der Waals surface area contributed by atoms with Crippen LogP contribution >= 0.6 is 12.6 Å². The summed E-state index contributed by atoms with van der Waals surface area (Å²) < 4.78 is 29.8. The Hall–Kier alpha value is -3.53. The molecule has 2 N–H and O–H groups in total. The van der Waals surface area contributed by atoms with Gasteiger partial charge in [-0.05, 0) is 58.4 Å². The molecule has 1 amide bonds. The van der Waals surface area contributed by atoms with Crippen molar-refractivity contribution in [3.8, 4) is 11.8 Å². The van der Waals surface area contributed by atoms with Crippen molar-refractivity contribution in [3.05, 3.63) is 59.2 Å². The Morgan fingerprint density at radius 1 is 1.19 bits per heavy atom. The molecule has 48 heavy (non-hydrogen) atoms. The number of nitriles is 1. The number of aldehydes is 1. The number of nitrogens with one attached hydrogen (secondary N) is 2. The van der Waals surface area contributed by atoms with Crippen LogP contribution in [0.5, 0.6) is 5.75 Å². The van der Waals surface area contributed by atoms with Gasteiger partial charge >= 0.3 is 0 Å². The molecule has 2 aliphatic rings. The van der Waals surface area contributed by atoms with Crippen molar-refractivity contribution in [1.82, 2.24) is 15.1 Å². The van der Waals surface area contributed by atoms with Gasteiger partial charge in [-0.15, -0.1) is 0 Å². The molecule has 266 valence electrons. The van der Waals surface area contributed by atoms with Gasteiger partial charge in [0.1, 0.15) is 28.7 Å². The van der Waals surface area contributed by atoms with Crippen LogP contribution in [0.15, 0.2) is 59.2 Å². The Bertz CT molecular complexity index is 1330. The summed E-state index contributed by atoms with van der Waals surface area (Å²) in [6.45, 7) is 14.2. The molecule has 0 spiro atoms. The van der Waals surface area contributed by atoms with E-state index in [2.05, 4.69) is 66.9 Å². The van der Waals surface area contributed by atoms with E-state index < -0.39 is 40.5 Å². The second-order valence-electron chi connectivity index (χ2n) is 12.1. The number of thiol groups is 1. The van der Waals surface area contributed by atoms with E-state index in [0.29, 0.717) is 24.6 Å². The fraction of sp³-hybridized carbons (Fsp3) is 0.556. The van der Waals surface area contributed by atoms with Crippen LogP contribution in [0.1, 0.15) is 60.8 Å². The molecule has 0 saturated carbocycles. The summed E-state index contributed by atoms with van der Waals surface area (Å²) in [6.07, 6.45) is 11.1. The highest BCUT2D eigenvalue weighted by Gasteiger charge is 2.42. The van der Waals surface area contributed by atoms with E-state index in [9.17, 15) is 28.4 Å². The first-order valence-electron chi connectivity index (χ1n) is 16.3. The van der Waals surface area contributed by atoms with Crippen LogP contribution in [-0.4, -0.2) is 97.4 Å². The van der Waals surface area contributed by atoms with Crippen molar-refractivity contribution in [2.75, 3.05) is 58.2 Å². The Kier molecular flexibility index (Phi) is 19.0. The first kappa shape index (κ1) is 42.5. The second kappa shape index (κ2) is 21.4. The third-order valence-electron chi connectivity index (χ3n) is 7.67. The number of hydrogen-bond acceptors (Lipinski definition) is 9. The number of amides is 1. The van der Waals surface area contributed by atoms with Gasteiger partial charge in [0.05, 0.1) is 6.54 Å². The highest BCUT2D eigenvalue weighted by molar-refractivity contribution is 7.83. The van der Waals surface area contributed by atoms with Gasteiger partial charge in [0.25, 0.3) is 11.8 Å². The Morgan fingerprint density at radius 3 is 2.35 bits per heavy atom. The number of ketones is 1. The molecule has 1 fully saturated rings. The van der Waals surface area contributed by atoms with Crippen molar-refractivity contribution in [2.24, 2.45) is 0 Å². The summed E-state index contributed by atoms with van der Waals surface area (Å²) in [7, 11) is 2.21. The Morgan fingerprint density at radius 2 is 1.83 bits per heavy atom. The number of ether oxygens (including phenoxy) is 1. The van der Waals surface area contributed by atoms with Gasteiger partial charge in [0, 0.05) is 57.4 Å². The Labute approximate surface area is 290 Å². The number of alkyl halides is 2. The molecule has 0 aromatic heterocycles. The number of carbonyl (C=O) groups is 3. The van der Waals surface area contributed by atoms with Crippen LogP contribution in [0.2, 0.25) is 0 Å². The van der Waals surface area contributed by atoms with E-state index in [4.69, 9.17) is 4.74 Å². The molecule has 1 aromatic rings. The molecule has 1 aromatic carbocycles. The van der Waals surface area contributed by atoms with Gasteiger partial charge in [-0.1, -0.05) is 50.1 Å². The maximum Gasteiger partial charge on any atom is 0.262 e. The number of Topliss-reactive ketones (excluding diaryl/α,β-unsaturated/α-hetero) is 1. The van der Waals surface area contributed by atoms with Crippen LogP contribution in [0, 0.1) is 11.3 Å². The number of benzene rings is 1. The third kappa shape index (κ3) is 14.7. The normalized spacial score (nSPS) is 17.3. The zero-order valence-electron chi connectivity index (χ0n) is 29.4. The zero-order chi connectivity index (χ0) is 36.3. The number of likely N-dealkylation sites (N-methyl/N-ethyl adjacent to an activating group) is 1. The lowest BCUT2D eigenvalue weighted by Crippen LogP contribution is -2.48. The first-order chi connectivity index (χ1) is 22.6. The van der Waals surface area contributed by atoms with E-state index >= 15 is 0 Å². The van der Waals surface area contributed by atoms with Crippen molar-refractivity contribution in [2.45, 2.75) is 77.5 Å². The summed E-state index contributed by atoms with van der Waals surface area (Å²) >= 11 is 4.50. The molecule has 2 atom stereocenters. The van der Waals surface area contributed by atoms with E-state index in [1.54, 1.807) is 42.8 Å². The molecule has 0 radical (unpaired) electrons. The minimum absolute atomic E-state index is 0.0242. The predicted octanol–water partition coefficient (Wildman–Crippen LogP) is 5.86. The highest BCUT2D eigenvalue weighted by atomic mass is 32.1. The molecule has 1 aliphatic carbocycles. The fourth-order valence-electron chi connectivity index (χ4n) is 4.95. The number of anilines is 1. The first-order valence-corrected chi connectivity index (χ1v) is 16.8. The topological polar surface area (TPSA) is 115 Å². The molecule has 3 rings (SSSR count). The van der Waals surface area contributed by atoms with Crippen molar-refractivity contribution in [1.29, 1.82) is 5.26 Å². The third-order valence-corrected chi connectivity index (χ3v) is 8.70. The molecule has 1 saturated heterocycles. The van der Waals surface area contributed by atoms with Crippen molar-refractivity contribution in [3.63, 3.8) is 0 Å². The highest BCUT2D eigenvalue weighted by Crippen LogP contribution is 2.34. The standard InChI is InChI=1S/C21H25F2N3O4S.C12H20N2.C3H8/c1-13(18(11-24)19(29)25-12-20(4,22)23)21(31,15(3)28)14(2)26-16-6-5-7-17(10-16)30-9-8-27;1-13-7-9-14(10-8-13)11-12-5-3-2-4-6-12;1-3-2/h5-8,10,14,26,31H,9,12H2,1-4H3,(H,25,29);2-3,5H,4,6-11H2,1H3;3H2,1-2H3. The van der Waals surface area contributed by atoms with Gasteiger partial charge in [0.2, 0.25) is 0 Å². The van der Waals surface area contributed by atoms with Crippen molar-refractivity contribution >= 4 is 36.3 Å². The minimum Gasteiger partial charge on any atom is -0.486 e. The molecule has 9 nitrogen and oxygen atoms in total. The van der Waals surface area contributed by atoms with Crippen LogP contribution in [0.4, 0.5) is 14.5 Å². The number of hydrogen-bond donors (Lipinski definition) is 3. The number of rotatable bonds is 13. The maximum absolute atomic E-state index is 13.1. The number of piperazine rings is 1. The molecule has 1 heterocycles. The molecule has 1 aliphatic heterocycles. The molecule has 12 heteroatoms. The number of carbonyl (C=O) groups excluding carboxylic acids is 3. The fourth-order valence-corrected chi connectivity index (χ4v) is 5.13. The lowest BCUT2D eigenvalue weighted by Gasteiger charge is -2.35. The maximum atomic E-state index is 13.1. The average Bonchev–Trinajstić information content (AvgIpc) is 3.04. The average molecular weight is 690 g/mol. The van der Waals surface area contributed by atoms with Crippen molar-refractivity contribution < 1.29 is 27.9 Å². The van der Waals surface area contributed by atoms with Gasteiger partial charge in [0.15, 0.2) is 12.1 Å². The number of halogens is 2. The summed E-state index contributed by atoms with van der Waals surface area (Å²) in [6, 6.07) is 7.58. The number of nitrogens with zero attached hydrogens (tertiary/aromatic N) is 3. The van der Waals surface area contributed by atoms with Gasteiger partial charge < -0.3 is 20.3 Å². The smallest absolute Gasteiger partial charge is 0.262 e. The minimum atomic E-state index is -3.16. The van der Waals surface area contributed by atoms with Crippen LogP contribution in [0.3, 0.4) is 0 Å². The quantitative estimate of drug-likeness (QED) is 0.102. The molecule has 0 bridgehead atoms. The molecular weight excluding hydrogens is 636 g/mol. The van der Waals surface area contributed by atoms with Gasteiger partial charge in [-0.3, -0.25) is 19.3 Å². The summed E-state index contributed by atoms with van der Waals surface area (Å²) in [5.41, 5.74) is 1.70. The van der Waals surface area contributed by atoms with Crippen LogP contribution < -0.4 is 15.4 Å². The van der Waals surface area contributed by atoms with E-state index in [0.717, 1.165) is 0 Å². The van der Waals surface area contributed by atoms with E-state index in [1.807, 2.05) is 5.32 Å². The van der Waals surface area contributed by atoms with E-state index in [-0.39, 0.29) is 12.2 Å². The number of allylic oxidation sites excluding steroid dienone is 3. The molecular formula is C36H53F2N5O4S. The second-order valence-corrected chi connectivity index (χ2v) is 12.8.